The van der Waals surface area contributed by atoms with Gasteiger partial charge in [-0.15, -0.1) is 0 Å². The van der Waals surface area contributed by atoms with Gasteiger partial charge in [0.2, 0.25) is 0 Å². The average molecular weight is 478 g/mol. The lowest BCUT2D eigenvalue weighted by molar-refractivity contribution is 0.100. The van der Waals surface area contributed by atoms with Crippen molar-refractivity contribution in [2.45, 2.75) is 13.3 Å². The maximum Gasteiger partial charge on any atom is 0.267 e. The highest BCUT2D eigenvalue weighted by atomic mass is 35.5. The van der Waals surface area contributed by atoms with Gasteiger partial charge in [0, 0.05) is 19.7 Å². The van der Waals surface area contributed by atoms with Crippen LogP contribution in [0.15, 0.2) is 71.0 Å². The van der Waals surface area contributed by atoms with E-state index in [2.05, 4.69) is 21.7 Å². The van der Waals surface area contributed by atoms with Crippen LogP contribution >= 0.6 is 11.6 Å². The number of fused-ring (bicyclic) bond motifs is 1. The van der Waals surface area contributed by atoms with Crippen molar-refractivity contribution in [2.24, 2.45) is 17.8 Å². The normalized spacial score (nSPS) is 10.8. The number of nitrogens with zero attached hydrogens (tertiary/aromatic N) is 5. The summed E-state index contributed by atoms with van der Waals surface area (Å²) in [4.78, 5) is 32.3. The van der Waals surface area contributed by atoms with Gasteiger partial charge in [-0.3, -0.25) is 14.2 Å². The van der Waals surface area contributed by atoms with E-state index >= 15 is 0 Å². The molecule has 0 bridgehead atoms. The number of para-hydroxylation sites is 1. The largest absolute Gasteiger partial charge is 0.381 e. The Morgan fingerprint density at radius 2 is 1.91 bits per heavy atom. The van der Waals surface area contributed by atoms with Crippen LogP contribution in [0.5, 0.6) is 0 Å². The van der Waals surface area contributed by atoms with Crippen molar-refractivity contribution in [3.8, 4) is 5.69 Å². The second-order valence-electron chi connectivity index (χ2n) is 7.08. The summed E-state index contributed by atoms with van der Waals surface area (Å²) in [5.74, 6) is 0.494. The lowest BCUT2D eigenvalue weighted by atomic mass is 10.2. The summed E-state index contributed by atoms with van der Waals surface area (Å²) in [5, 5.41) is 4.74. The van der Waals surface area contributed by atoms with E-state index in [0.29, 0.717) is 28.2 Å². The van der Waals surface area contributed by atoms with Gasteiger partial charge in [0.1, 0.15) is 11.4 Å². The average Bonchev–Trinajstić information content (AvgIpc) is 3.11. The van der Waals surface area contributed by atoms with Gasteiger partial charge in [0.15, 0.2) is 11.6 Å². The Labute approximate surface area is 201 Å². The van der Waals surface area contributed by atoms with Gasteiger partial charge in [-0.2, -0.15) is 5.10 Å². The number of rotatable bonds is 5. The Morgan fingerprint density at radius 3 is 2.53 bits per heavy atom. The van der Waals surface area contributed by atoms with E-state index < -0.39 is 5.91 Å². The summed E-state index contributed by atoms with van der Waals surface area (Å²) in [5.41, 5.74) is 12.1. The smallest absolute Gasteiger partial charge is 0.267 e. The zero-order valence-electron chi connectivity index (χ0n) is 18.8. The third-order valence-corrected chi connectivity index (χ3v) is 5.15. The number of carbonyl (C=O) groups excluding carboxylic acids is 1. The summed E-state index contributed by atoms with van der Waals surface area (Å²) < 4.78 is 3.02. The minimum absolute atomic E-state index is 0.0798. The number of aromatic nitrogens is 4. The first-order valence-corrected chi connectivity index (χ1v) is 10.7. The minimum Gasteiger partial charge on any atom is -0.381 e. The van der Waals surface area contributed by atoms with Crippen LogP contribution in [0.1, 0.15) is 23.1 Å². The molecule has 0 saturated carbocycles. The standard InChI is InChI=1S/C16H13ClN2O.C8H11N5O/c1-2-14-18-13-10-6-9-12(17)15(13)16(20)19(14)11-7-4-3-5-8-11;1-3-4-11-8-5(7(10)14)6(9)12-13(8)2/h3-10H,2H2,1H3;3-4H,1H2,2H3,(H2,9,12)(H2,10,14)/b;11-4-. The molecule has 2 heterocycles. The molecule has 0 atom stereocenters. The van der Waals surface area contributed by atoms with Gasteiger partial charge in [-0.1, -0.05) is 55.4 Å². The van der Waals surface area contributed by atoms with Gasteiger partial charge in [0.25, 0.3) is 11.5 Å². The van der Waals surface area contributed by atoms with E-state index in [0.717, 1.165) is 11.5 Å². The predicted octanol–water partition coefficient (Wildman–Crippen LogP) is 3.59. The van der Waals surface area contributed by atoms with Crippen LogP contribution in [0.25, 0.3) is 16.6 Å². The van der Waals surface area contributed by atoms with Crippen molar-refractivity contribution < 1.29 is 4.79 Å². The Bertz CT molecular complexity index is 1440. The number of allylic oxidation sites excluding steroid dienone is 1. The van der Waals surface area contributed by atoms with E-state index in [1.54, 1.807) is 17.7 Å². The summed E-state index contributed by atoms with van der Waals surface area (Å²) in [6, 6.07) is 14.8. The molecule has 1 amide bonds. The number of primary amides is 1. The molecule has 0 aliphatic carbocycles. The van der Waals surface area contributed by atoms with E-state index in [1.165, 1.54) is 17.0 Å². The topological polar surface area (TPSA) is 134 Å². The molecule has 4 aromatic rings. The van der Waals surface area contributed by atoms with Crippen LogP contribution in [0.3, 0.4) is 0 Å². The summed E-state index contributed by atoms with van der Waals surface area (Å²) >= 11 is 6.16. The fourth-order valence-corrected chi connectivity index (χ4v) is 3.61. The Hall–Kier alpha value is -4.24. The number of amides is 1. The number of carbonyl (C=O) groups is 1. The van der Waals surface area contributed by atoms with Crippen molar-refractivity contribution in [1.29, 1.82) is 0 Å². The fraction of sp³-hybridized carbons (Fsp3) is 0.125. The lowest BCUT2D eigenvalue weighted by Crippen LogP contribution is -2.23. The number of benzene rings is 2. The van der Waals surface area contributed by atoms with E-state index in [4.69, 9.17) is 23.1 Å². The molecule has 0 spiro atoms. The van der Waals surface area contributed by atoms with Crippen molar-refractivity contribution in [2.75, 3.05) is 5.73 Å². The quantitative estimate of drug-likeness (QED) is 0.423. The summed E-state index contributed by atoms with van der Waals surface area (Å²) in [6.07, 6.45) is 3.59. The maximum absolute atomic E-state index is 12.8. The van der Waals surface area contributed by atoms with Crippen LogP contribution in [-0.4, -0.2) is 31.5 Å². The maximum atomic E-state index is 12.8. The number of nitrogens with two attached hydrogens (primary N) is 2. The first-order chi connectivity index (χ1) is 16.3. The zero-order valence-corrected chi connectivity index (χ0v) is 19.5. The van der Waals surface area contributed by atoms with Gasteiger partial charge >= 0.3 is 0 Å². The number of nitrogen functional groups attached to an aromatic ring is 1. The van der Waals surface area contributed by atoms with Crippen LogP contribution in [0.2, 0.25) is 5.02 Å². The zero-order chi connectivity index (χ0) is 24.8. The highest BCUT2D eigenvalue weighted by Crippen LogP contribution is 2.23. The summed E-state index contributed by atoms with van der Waals surface area (Å²) in [6.45, 7) is 5.44. The first kappa shape index (κ1) is 24.4. The molecule has 0 fully saturated rings. The number of hydrogen-bond donors (Lipinski definition) is 2. The van der Waals surface area contributed by atoms with Gasteiger partial charge in [-0.25, -0.2) is 14.7 Å². The number of anilines is 1. The molecular weight excluding hydrogens is 454 g/mol. The Morgan fingerprint density at radius 1 is 1.21 bits per heavy atom. The molecule has 0 aliphatic rings. The Kier molecular flexibility index (Phi) is 7.60. The van der Waals surface area contributed by atoms with Crippen molar-refractivity contribution in [3.05, 3.63) is 88.0 Å². The molecule has 0 radical (unpaired) electrons. The van der Waals surface area contributed by atoms with Crippen molar-refractivity contribution in [1.82, 2.24) is 19.3 Å². The SMILES string of the molecule is C=C/C=N\c1c(C(N)=O)c(N)nn1C.CCc1nc2cccc(Cl)c2c(=O)n1-c1ccccc1. The van der Waals surface area contributed by atoms with Crippen LogP contribution < -0.4 is 17.0 Å². The third-order valence-electron chi connectivity index (χ3n) is 4.84. The molecule has 9 nitrogen and oxygen atoms in total. The van der Waals surface area contributed by atoms with E-state index in [1.807, 2.05) is 49.4 Å². The molecule has 0 saturated heterocycles. The predicted molar refractivity (Wildman–Crippen MR) is 136 cm³/mol. The number of hydrogen-bond acceptors (Lipinski definition) is 6. The molecule has 0 unspecified atom stereocenters. The highest BCUT2D eigenvalue weighted by Gasteiger charge is 2.17. The van der Waals surface area contributed by atoms with Gasteiger partial charge in [-0.05, 0) is 24.3 Å². The van der Waals surface area contributed by atoms with Gasteiger partial charge in [0.05, 0.1) is 21.6 Å². The molecule has 10 heteroatoms. The van der Waals surface area contributed by atoms with E-state index in [9.17, 15) is 9.59 Å². The molecule has 4 N–H and O–H groups in total. The van der Waals surface area contributed by atoms with Crippen LogP contribution in [0.4, 0.5) is 11.6 Å². The van der Waals surface area contributed by atoms with Crippen molar-refractivity contribution >= 4 is 46.3 Å². The first-order valence-electron chi connectivity index (χ1n) is 10.3. The molecule has 34 heavy (non-hydrogen) atoms. The second-order valence-corrected chi connectivity index (χ2v) is 7.48. The molecule has 0 aliphatic heterocycles. The minimum atomic E-state index is -0.646. The molecule has 2 aromatic heterocycles. The second kappa shape index (κ2) is 10.6. The van der Waals surface area contributed by atoms with Crippen molar-refractivity contribution in [3.63, 3.8) is 0 Å². The molecule has 174 valence electrons. The Balaban J connectivity index is 0.000000204. The van der Waals surface area contributed by atoms with E-state index in [-0.39, 0.29) is 16.9 Å². The lowest BCUT2D eigenvalue weighted by Gasteiger charge is -2.12. The van der Waals surface area contributed by atoms with Gasteiger partial charge < -0.3 is 11.5 Å². The van der Waals surface area contributed by atoms with Crippen LogP contribution in [0, 0.1) is 0 Å². The van der Waals surface area contributed by atoms with Crippen LogP contribution in [-0.2, 0) is 13.5 Å². The summed E-state index contributed by atoms with van der Waals surface area (Å²) in [7, 11) is 1.62. The fourth-order valence-electron chi connectivity index (χ4n) is 3.36. The molecule has 4 rings (SSSR count). The number of aliphatic imine (C=N–C) groups is 1. The highest BCUT2D eigenvalue weighted by molar-refractivity contribution is 6.35. The molecule has 2 aromatic carbocycles. The number of halogens is 1. The third kappa shape index (κ3) is 4.89. The molecular formula is C24H24ClN7O2. The number of aryl methyl sites for hydroxylation is 2. The monoisotopic (exact) mass is 477 g/mol.